The molecule has 0 saturated carbocycles. The summed E-state index contributed by atoms with van der Waals surface area (Å²) >= 11 is 5.99. The van der Waals surface area contributed by atoms with E-state index >= 15 is 0 Å². The molecule has 2 N–H and O–H groups in total. The van der Waals surface area contributed by atoms with Crippen LogP contribution in [-0.2, 0) is 16.4 Å². The van der Waals surface area contributed by atoms with E-state index in [0.29, 0.717) is 6.42 Å². The topological polar surface area (TPSA) is 71.2 Å². The van der Waals surface area contributed by atoms with E-state index < -0.39 is 10.0 Å². The van der Waals surface area contributed by atoms with Gasteiger partial charge in [-0.3, -0.25) is 0 Å². The first-order valence-electron chi connectivity index (χ1n) is 7.82. The number of aryl methyl sites for hydroxylation is 1. The molecule has 0 radical (unpaired) electrons. The third-order valence-electron chi connectivity index (χ3n) is 4.12. The van der Waals surface area contributed by atoms with Gasteiger partial charge >= 0.3 is 0 Å². The number of fused-ring (bicyclic) bond motifs is 1. The van der Waals surface area contributed by atoms with Crippen LogP contribution in [-0.4, -0.2) is 27.1 Å². The van der Waals surface area contributed by atoms with E-state index in [-0.39, 0.29) is 16.5 Å². The minimum Gasteiger partial charge on any atom is -0.497 e. The zero-order chi connectivity index (χ0) is 18.0. The number of halogens is 1. The summed E-state index contributed by atoms with van der Waals surface area (Å²) in [6.07, 6.45) is 0.558. The summed E-state index contributed by atoms with van der Waals surface area (Å²) in [5.74, 6) is 0.768. The van der Waals surface area contributed by atoms with Gasteiger partial charge in [0.15, 0.2) is 0 Å². The van der Waals surface area contributed by atoms with Crippen LogP contribution in [0.15, 0.2) is 47.4 Å². The number of aromatic nitrogens is 1. The lowest BCUT2D eigenvalue weighted by molar-refractivity contribution is 0.415. The Hall–Kier alpha value is -2.02. The molecule has 3 rings (SSSR count). The summed E-state index contributed by atoms with van der Waals surface area (Å²) in [5, 5.41) is 1.25. The molecule has 0 amide bonds. The maximum absolute atomic E-state index is 12.4. The van der Waals surface area contributed by atoms with Gasteiger partial charge in [0.1, 0.15) is 10.6 Å². The third kappa shape index (κ3) is 3.66. The second-order valence-electron chi connectivity index (χ2n) is 5.72. The highest BCUT2D eigenvalue weighted by Crippen LogP contribution is 2.27. The molecule has 132 valence electrons. The van der Waals surface area contributed by atoms with Gasteiger partial charge in [0.05, 0.1) is 12.1 Å². The molecule has 5 nitrogen and oxygen atoms in total. The second-order valence-corrected chi connectivity index (χ2v) is 7.86. The van der Waals surface area contributed by atoms with Gasteiger partial charge in [0.25, 0.3) is 0 Å². The molecule has 3 aromatic rings. The van der Waals surface area contributed by atoms with E-state index in [1.54, 1.807) is 25.3 Å². The Morgan fingerprint density at radius 2 is 1.96 bits per heavy atom. The first-order chi connectivity index (χ1) is 11.9. The van der Waals surface area contributed by atoms with Gasteiger partial charge in [-0.05, 0) is 49.2 Å². The molecule has 0 atom stereocenters. The molecule has 2 aromatic carbocycles. The normalized spacial score (nSPS) is 11.8. The molecule has 1 heterocycles. The van der Waals surface area contributed by atoms with Crippen LogP contribution in [0.1, 0.15) is 11.3 Å². The highest BCUT2D eigenvalue weighted by atomic mass is 35.5. The molecule has 0 saturated heterocycles. The van der Waals surface area contributed by atoms with Crippen LogP contribution in [0.4, 0.5) is 0 Å². The molecule has 0 bridgehead atoms. The van der Waals surface area contributed by atoms with E-state index in [0.717, 1.165) is 27.9 Å². The fourth-order valence-corrected chi connectivity index (χ4v) is 4.41. The molecule has 0 unspecified atom stereocenters. The van der Waals surface area contributed by atoms with Crippen molar-refractivity contribution >= 4 is 32.5 Å². The first-order valence-corrected chi connectivity index (χ1v) is 9.68. The Morgan fingerprint density at radius 3 is 2.68 bits per heavy atom. The number of benzene rings is 2. The lowest BCUT2D eigenvalue weighted by Crippen LogP contribution is -2.26. The summed E-state index contributed by atoms with van der Waals surface area (Å²) < 4.78 is 32.7. The van der Waals surface area contributed by atoms with Gasteiger partial charge in [0, 0.05) is 23.1 Å². The number of rotatable bonds is 6. The quantitative estimate of drug-likeness (QED) is 0.687. The molecule has 0 aliphatic carbocycles. The molecular formula is C18H19ClN2O3S. The van der Waals surface area contributed by atoms with Gasteiger partial charge in [0.2, 0.25) is 10.0 Å². The predicted octanol–water partition coefficient (Wildman–Crippen LogP) is 3.66. The van der Waals surface area contributed by atoms with E-state index in [4.69, 9.17) is 16.3 Å². The second kappa shape index (κ2) is 7.07. The van der Waals surface area contributed by atoms with Gasteiger partial charge in [-0.15, -0.1) is 0 Å². The predicted molar refractivity (Wildman–Crippen MR) is 99.9 cm³/mol. The van der Waals surface area contributed by atoms with E-state index in [1.165, 1.54) is 6.07 Å². The molecule has 7 heteroatoms. The molecule has 0 fully saturated rings. The molecular weight excluding hydrogens is 360 g/mol. The number of aromatic amines is 1. The summed E-state index contributed by atoms with van der Waals surface area (Å²) in [4.78, 5) is 3.40. The first kappa shape index (κ1) is 17.8. The lowest BCUT2D eigenvalue weighted by atomic mass is 10.1. The number of sulfonamides is 1. The monoisotopic (exact) mass is 378 g/mol. The van der Waals surface area contributed by atoms with E-state index in [9.17, 15) is 8.42 Å². The van der Waals surface area contributed by atoms with Crippen molar-refractivity contribution in [2.75, 3.05) is 13.7 Å². The highest BCUT2D eigenvalue weighted by Gasteiger charge is 2.17. The average molecular weight is 379 g/mol. The van der Waals surface area contributed by atoms with Crippen LogP contribution in [0.25, 0.3) is 10.9 Å². The van der Waals surface area contributed by atoms with Gasteiger partial charge in [-0.25, -0.2) is 13.1 Å². The molecule has 0 spiro atoms. The van der Waals surface area contributed by atoms with Crippen LogP contribution < -0.4 is 9.46 Å². The maximum atomic E-state index is 12.4. The zero-order valence-corrected chi connectivity index (χ0v) is 15.5. The van der Waals surface area contributed by atoms with Crippen LogP contribution in [0, 0.1) is 6.92 Å². The van der Waals surface area contributed by atoms with Crippen LogP contribution in [0.5, 0.6) is 5.75 Å². The largest absolute Gasteiger partial charge is 0.497 e. The fourth-order valence-electron chi connectivity index (χ4n) is 2.86. The Balaban J connectivity index is 1.79. The standard InChI is InChI=1S/C18H19ClN2O3S/c1-12-14(15-11-13(24-2)7-8-17(15)21-12)9-10-20-25(22,23)18-6-4-3-5-16(18)19/h3-8,11,20-21H,9-10H2,1-2H3. The van der Waals surface area contributed by atoms with Crippen LogP contribution in [0.3, 0.4) is 0 Å². The van der Waals surface area contributed by atoms with Crippen molar-refractivity contribution in [3.05, 3.63) is 58.7 Å². The van der Waals surface area contributed by atoms with Gasteiger partial charge < -0.3 is 9.72 Å². The summed E-state index contributed by atoms with van der Waals surface area (Å²) in [6.45, 7) is 2.25. The third-order valence-corrected chi connectivity index (χ3v) is 6.08. The fraction of sp³-hybridized carbons (Fsp3) is 0.222. The Bertz CT molecular complexity index is 1010. The van der Waals surface area contributed by atoms with Crippen LogP contribution in [0.2, 0.25) is 5.02 Å². The van der Waals surface area contributed by atoms with E-state index in [1.807, 2.05) is 25.1 Å². The number of methoxy groups -OCH3 is 1. The average Bonchev–Trinajstić information content (AvgIpc) is 2.90. The summed E-state index contributed by atoms with van der Waals surface area (Å²) in [5.41, 5.74) is 3.08. The number of ether oxygens (including phenoxy) is 1. The number of hydrogen-bond acceptors (Lipinski definition) is 3. The molecule has 25 heavy (non-hydrogen) atoms. The minimum absolute atomic E-state index is 0.0917. The lowest BCUT2D eigenvalue weighted by Gasteiger charge is -2.08. The number of H-pyrrole nitrogens is 1. The van der Waals surface area contributed by atoms with Crippen LogP contribution >= 0.6 is 11.6 Å². The smallest absolute Gasteiger partial charge is 0.242 e. The van der Waals surface area contributed by atoms with Crippen molar-refractivity contribution in [1.29, 1.82) is 0 Å². The molecule has 1 aromatic heterocycles. The maximum Gasteiger partial charge on any atom is 0.242 e. The Morgan fingerprint density at radius 1 is 1.20 bits per heavy atom. The molecule has 0 aliphatic heterocycles. The number of hydrogen-bond donors (Lipinski definition) is 2. The highest BCUT2D eigenvalue weighted by molar-refractivity contribution is 7.89. The number of nitrogens with one attached hydrogen (secondary N) is 2. The van der Waals surface area contributed by atoms with Crippen molar-refractivity contribution in [2.24, 2.45) is 0 Å². The Labute approximate surface area is 152 Å². The van der Waals surface area contributed by atoms with Crippen molar-refractivity contribution in [3.63, 3.8) is 0 Å². The van der Waals surface area contributed by atoms with Crippen molar-refractivity contribution in [1.82, 2.24) is 9.71 Å². The van der Waals surface area contributed by atoms with E-state index in [2.05, 4.69) is 9.71 Å². The Kier molecular flexibility index (Phi) is 5.03. The molecule has 0 aliphatic rings. The van der Waals surface area contributed by atoms with Crippen molar-refractivity contribution in [2.45, 2.75) is 18.2 Å². The van der Waals surface area contributed by atoms with Gasteiger partial charge in [-0.2, -0.15) is 0 Å². The SMILES string of the molecule is COc1ccc2[nH]c(C)c(CCNS(=O)(=O)c3ccccc3Cl)c2c1. The summed E-state index contributed by atoms with van der Waals surface area (Å²) in [6, 6.07) is 12.2. The zero-order valence-electron chi connectivity index (χ0n) is 14.0. The van der Waals surface area contributed by atoms with Crippen molar-refractivity contribution in [3.8, 4) is 5.75 Å². The van der Waals surface area contributed by atoms with Crippen molar-refractivity contribution < 1.29 is 13.2 Å². The van der Waals surface area contributed by atoms with Gasteiger partial charge in [-0.1, -0.05) is 23.7 Å². The summed E-state index contributed by atoms with van der Waals surface area (Å²) in [7, 11) is -2.02. The minimum atomic E-state index is -3.64.